The van der Waals surface area contributed by atoms with Crippen LogP contribution in [0.15, 0.2) is 24.3 Å². The predicted octanol–water partition coefficient (Wildman–Crippen LogP) is 2.62. The zero-order chi connectivity index (χ0) is 15.5. The highest BCUT2D eigenvalue weighted by atomic mass is 35.5. The average Bonchev–Trinajstić information content (AvgIpc) is 2.49. The van der Waals surface area contributed by atoms with E-state index in [2.05, 4.69) is 0 Å². The third kappa shape index (κ3) is 3.97. The summed E-state index contributed by atoms with van der Waals surface area (Å²) in [7, 11) is -1.74. The SMILES string of the molecule is Cc1ccccc1CN(C)S(=O)(=O)N1CCC(CCl)CC1. The normalized spacial score (nSPS) is 18.3. The first-order valence-electron chi connectivity index (χ1n) is 7.27. The summed E-state index contributed by atoms with van der Waals surface area (Å²) in [5, 5.41) is 0. The molecule has 0 bridgehead atoms. The molecular weight excluding hydrogens is 308 g/mol. The van der Waals surface area contributed by atoms with E-state index in [1.54, 1.807) is 11.4 Å². The van der Waals surface area contributed by atoms with Crippen LogP contribution < -0.4 is 0 Å². The number of rotatable bonds is 5. The molecular formula is C15H23ClN2O2S. The van der Waals surface area contributed by atoms with Gasteiger partial charge < -0.3 is 0 Å². The molecule has 21 heavy (non-hydrogen) atoms. The Morgan fingerprint density at radius 2 is 1.90 bits per heavy atom. The van der Waals surface area contributed by atoms with Crippen LogP contribution >= 0.6 is 11.6 Å². The summed E-state index contributed by atoms with van der Waals surface area (Å²) in [5.41, 5.74) is 2.15. The first-order chi connectivity index (χ1) is 9.95. The molecule has 4 nitrogen and oxygen atoms in total. The van der Waals surface area contributed by atoms with Crippen LogP contribution in [0.5, 0.6) is 0 Å². The summed E-state index contributed by atoms with van der Waals surface area (Å²) < 4.78 is 28.2. The molecule has 6 heteroatoms. The van der Waals surface area contributed by atoms with E-state index in [-0.39, 0.29) is 0 Å². The minimum atomic E-state index is -3.39. The van der Waals surface area contributed by atoms with E-state index >= 15 is 0 Å². The first-order valence-corrected chi connectivity index (χ1v) is 9.20. The number of piperidine rings is 1. The van der Waals surface area contributed by atoms with Crippen LogP contribution in [0.1, 0.15) is 24.0 Å². The highest BCUT2D eigenvalue weighted by molar-refractivity contribution is 7.86. The van der Waals surface area contributed by atoms with Crippen molar-refractivity contribution in [2.75, 3.05) is 26.0 Å². The van der Waals surface area contributed by atoms with Gasteiger partial charge in [0.2, 0.25) is 0 Å². The zero-order valence-electron chi connectivity index (χ0n) is 12.6. The molecule has 0 aliphatic carbocycles. The molecule has 1 aliphatic rings. The first kappa shape index (κ1) is 16.7. The molecule has 2 rings (SSSR count). The third-order valence-electron chi connectivity index (χ3n) is 4.17. The van der Waals surface area contributed by atoms with E-state index in [0.717, 1.165) is 24.0 Å². The highest BCUT2D eigenvalue weighted by Crippen LogP contribution is 2.22. The van der Waals surface area contributed by atoms with Crippen molar-refractivity contribution >= 4 is 21.8 Å². The second kappa shape index (κ2) is 7.09. The van der Waals surface area contributed by atoms with Gasteiger partial charge in [-0.1, -0.05) is 24.3 Å². The number of hydrogen-bond donors (Lipinski definition) is 0. The van der Waals surface area contributed by atoms with Gasteiger partial charge in [-0.05, 0) is 36.8 Å². The van der Waals surface area contributed by atoms with Crippen molar-refractivity contribution in [3.63, 3.8) is 0 Å². The Bertz CT molecular complexity index is 569. The Labute approximate surface area is 132 Å². The molecule has 0 radical (unpaired) electrons. The number of aryl methyl sites for hydroxylation is 1. The van der Waals surface area contributed by atoms with Crippen LogP contribution in [0.25, 0.3) is 0 Å². The molecule has 0 unspecified atom stereocenters. The van der Waals surface area contributed by atoms with E-state index in [9.17, 15) is 8.42 Å². The molecule has 1 fully saturated rings. The van der Waals surface area contributed by atoms with Crippen molar-refractivity contribution in [1.29, 1.82) is 0 Å². The highest BCUT2D eigenvalue weighted by Gasteiger charge is 2.30. The topological polar surface area (TPSA) is 40.6 Å². The van der Waals surface area contributed by atoms with Crippen molar-refractivity contribution in [1.82, 2.24) is 8.61 Å². The number of halogens is 1. The molecule has 118 valence electrons. The Morgan fingerprint density at radius 1 is 1.29 bits per heavy atom. The molecule has 1 heterocycles. The summed E-state index contributed by atoms with van der Waals surface area (Å²) in [4.78, 5) is 0. The second-order valence-electron chi connectivity index (χ2n) is 5.69. The van der Waals surface area contributed by atoms with Crippen molar-refractivity contribution in [3.8, 4) is 0 Å². The van der Waals surface area contributed by atoms with Crippen LogP contribution in [0.3, 0.4) is 0 Å². The molecule has 1 aromatic rings. The Morgan fingerprint density at radius 3 is 2.48 bits per heavy atom. The molecule has 0 atom stereocenters. The lowest BCUT2D eigenvalue weighted by Crippen LogP contribution is -2.45. The van der Waals surface area contributed by atoms with E-state index in [1.165, 1.54) is 4.31 Å². The lowest BCUT2D eigenvalue weighted by atomic mass is 10.0. The lowest BCUT2D eigenvalue weighted by molar-refractivity contribution is 0.271. The summed E-state index contributed by atoms with van der Waals surface area (Å²) >= 11 is 5.85. The van der Waals surface area contributed by atoms with E-state index in [1.807, 2.05) is 31.2 Å². The van der Waals surface area contributed by atoms with Gasteiger partial charge in [-0.15, -0.1) is 11.6 Å². The number of benzene rings is 1. The summed E-state index contributed by atoms with van der Waals surface area (Å²) in [5.74, 6) is 1.06. The van der Waals surface area contributed by atoms with E-state index in [0.29, 0.717) is 31.4 Å². The Kier molecular flexibility index (Phi) is 5.66. The maximum absolute atomic E-state index is 12.6. The average molecular weight is 331 g/mol. The standard InChI is InChI=1S/C15H23ClN2O2S/c1-13-5-3-4-6-15(13)12-17(2)21(19,20)18-9-7-14(11-16)8-10-18/h3-6,14H,7-12H2,1-2H3. The molecule has 1 saturated heterocycles. The molecule has 1 aromatic carbocycles. The molecule has 0 spiro atoms. The molecule has 1 aliphatic heterocycles. The summed E-state index contributed by atoms with van der Waals surface area (Å²) in [6.45, 7) is 3.54. The summed E-state index contributed by atoms with van der Waals surface area (Å²) in [6.07, 6.45) is 1.70. The molecule has 0 aromatic heterocycles. The molecule has 0 N–H and O–H groups in total. The van der Waals surface area contributed by atoms with E-state index < -0.39 is 10.2 Å². The van der Waals surface area contributed by atoms with Crippen molar-refractivity contribution < 1.29 is 8.42 Å². The zero-order valence-corrected chi connectivity index (χ0v) is 14.2. The van der Waals surface area contributed by atoms with Crippen LogP contribution in [0.2, 0.25) is 0 Å². The van der Waals surface area contributed by atoms with E-state index in [4.69, 9.17) is 11.6 Å². The quantitative estimate of drug-likeness (QED) is 0.779. The maximum Gasteiger partial charge on any atom is 0.282 e. The van der Waals surface area contributed by atoms with Gasteiger partial charge in [-0.3, -0.25) is 0 Å². The van der Waals surface area contributed by atoms with Crippen molar-refractivity contribution in [2.45, 2.75) is 26.3 Å². The summed E-state index contributed by atoms with van der Waals surface area (Å²) in [6, 6.07) is 7.88. The molecule has 0 saturated carbocycles. The number of alkyl halides is 1. The molecule has 0 amide bonds. The smallest absolute Gasteiger partial charge is 0.195 e. The Hall–Kier alpha value is -0.620. The third-order valence-corrected chi connectivity index (χ3v) is 6.54. The minimum Gasteiger partial charge on any atom is -0.195 e. The van der Waals surface area contributed by atoms with Crippen molar-refractivity contribution in [2.24, 2.45) is 5.92 Å². The second-order valence-corrected chi connectivity index (χ2v) is 8.03. The minimum absolute atomic E-state index is 0.407. The fourth-order valence-electron chi connectivity index (χ4n) is 2.60. The van der Waals surface area contributed by atoms with Gasteiger partial charge >= 0.3 is 0 Å². The fourth-order valence-corrected chi connectivity index (χ4v) is 4.28. The van der Waals surface area contributed by atoms with Gasteiger partial charge in [0.25, 0.3) is 10.2 Å². The maximum atomic E-state index is 12.6. The van der Waals surface area contributed by atoms with Gasteiger partial charge in [0, 0.05) is 32.6 Å². The van der Waals surface area contributed by atoms with Gasteiger partial charge in [0.05, 0.1) is 0 Å². The largest absolute Gasteiger partial charge is 0.282 e. The monoisotopic (exact) mass is 330 g/mol. The van der Waals surface area contributed by atoms with Crippen molar-refractivity contribution in [3.05, 3.63) is 35.4 Å². The van der Waals surface area contributed by atoms with Gasteiger partial charge in [-0.25, -0.2) is 0 Å². The lowest BCUT2D eigenvalue weighted by Gasteiger charge is -2.33. The van der Waals surface area contributed by atoms with Gasteiger partial charge in [0.15, 0.2) is 0 Å². The van der Waals surface area contributed by atoms with Crippen LogP contribution in [-0.2, 0) is 16.8 Å². The van der Waals surface area contributed by atoms with Crippen LogP contribution in [0.4, 0.5) is 0 Å². The van der Waals surface area contributed by atoms with Gasteiger partial charge in [0.1, 0.15) is 0 Å². The number of hydrogen-bond acceptors (Lipinski definition) is 2. The van der Waals surface area contributed by atoms with Crippen LogP contribution in [-0.4, -0.2) is 43.0 Å². The fraction of sp³-hybridized carbons (Fsp3) is 0.600. The van der Waals surface area contributed by atoms with Gasteiger partial charge in [-0.2, -0.15) is 17.0 Å². The Balaban J connectivity index is 2.04. The van der Waals surface area contributed by atoms with Crippen LogP contribution in [0, 0.1) is 12.8 Å². The number of nitrogens with zero attached hydrogens (tertiary/aromatic N) is 2. The predicted molar refractivity (Wildman–Crippen MR) is 86.6 cm³/mol.